The summed E-state index contributed by atoms with van der Waals surface area (Å²) in [6, 6.07) is -0.499. The second-order valence-corrected chi connectivity index (χ2v) is 5.28. The van der Waals surface area contributed by atoms with Gasteiger partial charge in [-0.15, -0.1) is 0 Å². The first-order valence-corrected chi connectivity index (χ1v) is 5.47. The lowest BCUT2D eigenvalue weighted by Gasteiger charge is -2.37. The first-order chi connectivity index (χ1) is 6.76. The molecule has 4 heteroatoms. The predicted molar refractivity (Wildman–Crippen MR) is 57.2 cm³/mol. The Morgan fingerprint density at radius 2 is 2.07 bits per heavy atom. The van der Waals surface area contributed by atoms with Gasteiger partial charge in [-0.05, 0) is 40.0 Å². The van der Waals surface area contributed by atoms with Crippen LogP contribution in [0, 0.1) is 0 Å². The van der Waals surface area contributed by atoms with Crippen LogP contribution in [0.1, 0.15) is 46.5 Å². The molecule has 0 aromatic rings. The first-order valence-electron chi connectivity index (χ1n) is 5.47. The molecule has 0 amide bonds. The van der Waals surface area contributed by atoms with Crippen molar-refractivity contribution in [1.82, 2.24) is 0 Å². The summed E-state index contributed by atoms with van der Waals surface area (Å²) >= 11 is 0. The minimum absolute atomic E-state index is 0.406. The molecule has 2 unspecified atom stereocenters. The standard InChI is InChI=1S/C11H21NO3/c1-10(2,3)15-9(13)11(14)7-5-4-6-8(11)12/h8,14H,4-7,12H2,1-3H3. The van der Waals surface area contributed by atoms with Crippen LogP contribution in [0.15, 0.2) is 0 Å². The topological polar surface area (TPSA) is 72.5 Å². The molecule has 0 heterocycles. The second kappa shape index (κ2) is 4.10. The molecular formula is C11H21NO3. The highest BCUT2D eigenvalue weighted by Crippen LogP contribution is 2.29. The molecule has 0 bridgehead atoms. The number of carbonyl (C=O) groups excluding carboxylic acids is 1. The van der Waals surface area contributed by atoms with E-state index in [1.807, 2.05) is 0 Å². The van der Waals surface area contributed by atoms with Crippen LogP contribution in [0.25, 0.3) is 0 Å². The Balaban J connectivity index is 2.71. The predicted octanol–water partition coefficient (Wildman–Crippen LogP) is 0.960. The normalized spacial score (nSPS) is 32.5. The molecule has 4 nitrogen and oxygen atoms in total. The van der Waals surface area contributed by atoms with Gasteiger partial charge in [-0.1, -0.05) is 6.42 Å². The van der Waals surface area contributed by atoms with E-state index in [-0.39, 0.29) is 0 Å². The lowest BCUT2D eigenvalue weighted by molar-refractivity contribution is -0.182. The maximum absolute atomic E-state index is 11.8. The van der Waals surface area contributed by atoms with Gasteiger partial charge in [-0.3, -0.25) is 0 Å². The van der Waals surface area contributed by atoms with Gasteiger partial charge in [0.1, 0.15) is 5.60 Å². The van der Waals surface area contributed by atoms with Crippen LogP contribution in [0.4, 0.5) is 0 Å². The molecule has 1 fully saturated rings. The van der Waals surface area contributed by atoms with Crippen LogP contribution in [0.3, 0.4) is 0 Å². The molecule has 1 rings (SSSR count). The summed E-state index contributed by atoms with van der Waals surface area (Å²) in [6.07, 6.45) is 2.87. The van der Waals surface area contributed by atoms with Crippen molar-refractivity contribution in [1.29, 1.82) is 0 Å². The third kappa shape index (κ3) is 2.92. The van der Waals surface area contributed by atoms with Gasteiger partial charge in [0, 0.05) is 6.04 Å². The molecule has 2 atom stereocenters. The highest BCUT2D eigenvalue weighted by molar-refractivity contribution is 5.80. The van der Waals surface area contributed by atoms with Crippen molar-refractivity contribution in [3.8, 4) is 0 Å². The Morgan fingerprint density at radius 1 is 1.47 bits per heavy atom. The molecule has 0 aromatic carbocycles. The maximum Gasteiger partial charge on any atom is 0.340 e. The van der Waals surface area contributed by atoms with Gasteiger partial charge in [0.25, 0.3) is 0 Å². The van der Waals surface area contributed by atoms with E-state index < -0.39 is 23.2 Å². The van der Waals surface area contributed by atoms with E-state index in [1.54, 1.807) is 20.8 Å². The zero-order valence-electron chi connectivity index (χ0n) is 9.75. The second-order valence-electron chi connectivity index (χ2n) is 5.28. The van der Waals surface area contributed by atoms with Gasteiger partial charge in [0.15, 0.2) is 5.60 Å². The van der Waals surface area contributed by atoms with E-state index >= 15 is 0 Å². The molecule has 3 N–H and O–H groups in total. The quantitative estimate of drug-likeness (QED) is 0.639. The van der Waals surface area contributed by atoms with Crippen molar-refractivity contribution >= 4 is 5.97 Å². The minimum Gasteiger partial charge on any atom is -0.458 e. The Labute approximate surface area is 90.8 Å². The summed E-state index contributed by atoms with van der Waals surface area (Å²) in [6.45, 7) is 5.34. The van der Waals surface area contributed by atoms with E-state index in [1.165, 1.54) is 0 Å². The van der Waals surface area contributed by atoms with Crippen molar-refractivity contribution in [2.45, 2.75) is 63.7 Å². The largest absolute Gasteiger partial charge is 0.458 e. The number of carbonyl (C=O) groups is 1. The minimum atomic E-state index is -1.48. The van der Waals surface area contributed by atoms with Crippen LogP contribution < -0.4 is 5.73 Å². The Kier molecular flexibility index (Phi) is 3.41. The molecule has 0 aromatic heterocycles. The highest BCUT2D eigenvalue weighted by atomic mass is 16.6. The van der Waals surface area contributed by atoms with Crippen LogP contribution in [0.5, 0.6) is 0 Å². The van der Waals surface area contributed by atoms with E-state index in [2.05, 4.69) is 0 Å². The lowest BCUT2D eigenvalue weighted by atomic mass is 9.81. The van der Waals surface area contributed by atoms with Gasteiger partial charge in [-0.25, -0.2) is 4.79 Å². The summed E-state index contributed by atoms with van der Waals surface area (Å²) in [5.74, 6) is -0.581. The number of nitrogens with two attached hydrogens (primary N) is 1. The lowest BCUT2D eigenvalue weighted by Crippen LogP contribution is -2.57. The number of hydrogen-bond acceptors (Lipinski definition) is 4. The van der Waals surface area contributed by atoms with Crippen molar-refractivity contribution < 1.29 is 14.6 Å². The van der Waals surface area contributed by atoms with Gasteiger partial charge in [0.2, 0.25) is 0 Å². The van der Waals surface area contributed by atoms with Crippen molar-refractivity contribution in [2.24, 2.45) is 5.73 Å². The number of ether oxygens (including phenoxy) is 1. The summed E-state index contributed by atoms with van der Waals surface area (Å²) in [4.78, 5) is 11.8. The summed E-state index contributed by atoms with van der Waals surface area (Å²) in [5, 5.41) is 10.2. The Morgan fingerprint density at radius 3 is 2.53 bits per heavy atom. The summed E-state index contributed by atoms with van der Waals surface area (Å²) in [7, 11) is 0. The Bertz CT molecular complexity index is 247. The SMILES string of the molecule is CC(C)(C)OC(=O)C1(O)CCCCC1N. The zero-order valence-corrected chi connectivity index (χ0v) is 9.75. The molecule has 88 valence electrons. The number of hydrogen-bond donors (Lipinski definition) is 2. The first kappa shape index (κ1) is 12.5. The molecule has 0 spiro atoms. The van der Waals surface area contributed by atoms with E-state index in [0.717, 1.165) is 12.8 Å². The average Bonchev–Trinajstić information content (AvgIpc) is 2.07. The van der Waals surface area contributed by atoms with Gasteiger partial charge in [-0.2, -0.15) is 0 Å². The van der Waals surface area contributed by atoms with Crippen molar-refractivity contribution in [3.63, 3.8) is 0 Å². The van der Waals surface area contributed by atoms with Crippen molar-refractivity contribution in [2.75, 3.05) is 0 Å². The van der Waals surface area contributed by atoms with Crippen molar-refractivity contribution in [3.05, 3.63) is 0 Å². The van der Waals surface area contributed by atoms with E-state index in [4.69, 9.17) is 10.5 Å². The zero-order chi connectivity index (χ0) is 11.7. The third-order valence-corrected chi connectivity index (χ3v) is 2.69. The smallest absolute Gasteiger partial charge is 0.340 e. The summed E-state index contributed by atoms with van der Waals surface area (Å²) < 4.78 is 5.18. The molecule has 1 saturated carbocycles. The van der Waals surface area contributed by atoms with Crippen LogP contribution in [0.2, 0.25) is 0 Å². The molecule has 0 radical (unpaired) electrons. The van der Waals surface area contributed by atoms with Crippen LogP contribution in [-0.2, 0) is 9.53 Å². The number of esters is 1. The molecule has 15 heavy (non-hydrogen) atoms. The fraction of sp³-hybridized carbons (Fsp3) is 0.909. The van der Waals surface area contributed by atoms with Gasteiger partial charge < -0.3 is 15.6 Å². The van der Waals surface area contributed by atoms with E-state index in [0.29, 0.717) is 12.8 Å². The molecular weight excluding hydrogens is 194 g/mol. The third-order valence-electron chi connectivity index (χ3n) is 2.69. The van der Waals surface area contributed by atoms with Gasteiger partial charge >= 0.3 is 5.97 Å². The van der Waals surface area contributed by atoms with E-state index in [9.17, 15) is 9.90 Å². The van der Waals surface area contributed by atoms with Gasteiger partial charge in [0.05, 0.1) is 0 Å². The molecule has 0 saturated heterocycles. The maximum atomic E-state index is 11.8. The van der Waals surface area contributed by atoms with Crippen LogP contribution in [-0.4, -0.2) is 28.3 Å². The fourth-order valence-corrected chi connectivity index (χ4v) is 1.80. The fourth-order valence-electron chi connectivity index (χ4n) is 1.80. The molecule has 1 aliphatic carbocycles. The summed E-state index contributed by atoms with van der Waals surface area (Å²) in [5.41, 5.74) is 3.72. The number of rotatable bonds is 1. The molecule has 1 aliphatic rings. The Hall–Kier alpha value is -0.610. The molecule has 0 aliphatic heterocycles. The van der Waals surface area contributed by atoms with Crippen LogP contribution >= 0.6 is 0 Å². The average molecular weight is 215 g/mol. The monoisotopic (exact) mass is 215 g/mol. The highest BCUT2D eigenvalue weighted by Gasteiger charge is 2.46. The number of aliphatic hydroxyl groups is 1.